The van der Waals surface area contributed by atoms with Gasteiger partial charge in [-0.1, -0.05) is 6.92 Å². The van der Waals surface area contributed by atoms with E-state index in [1.807, 2.05) is 26.0 Å². The Kier molecular flexibility index (Phi) is 4.75. The minimum Gasteiger partial charge on any atom is -0.385 e. The van der Waals surface area contributed by atoms with Crippen LogP contribution in [0.4, 0.5) is 5.69 Å². The molecule has 3 nitrogen and oxygen atoms in total. The SMILES string of the molecule is Cc1cc(NCCC(C)S(C)=O)ccn1. The molecule has 0 saturated heterocycles. The third-order valence-electron chi connectivity index (χ3n) is 2.34. The van der Waals surface area contributed by atoms with Gasteiger partial charge in [0, 0.05) is 46.4 Å². The van der Waals surface area contributed by atoms with E-state index in [9.17, 15) is 4.21 Å². The van der Waals surface area contributed by atoms with Gasteiger partial charge in [0.05, 0.1) is 0 Å². The van der Waals surface area contributed by atoms with Gasteiger partial charge in [0.15, 0.2) is 0 Å². The van der Waals surface area contributed by atoms with Gasteiger partial charge in [0.2, 0.25) is 0 Å². The number of nitrogens with zero attached hydrogens (tertiary/aromatic N) is 1. The zero-order valence-corrected chi connectivity index (χ0v) is 10.3. The lowest BCUT2D eigenvalue weighted by Crippen LogP contribution is -2.14. The van der Waals surface area contributed by atoms with Crippen molar-refractivity contribution in [2.45, 2.75) is 25.5 Å². The first kappa shape index (κ1) is 12.2. The van der Waals surface area contributed by atoms with Gasteiger partial charge in [0.1, 0.15) is 0 Å². The van der Waals surface area contributed by atoms with Crippen LogP contribution in [0.3, 0.4) is 0 Å². The largest absolute Gasteiger partial charge is 0.385 e. The predicted octanol–water partition coefficient (Wildman–Crippen LogP) is 1.96. The van der Waals surface area contributed by atoms with Crippen molar-refractivity contribution >= 4 is 16.5 Å². The van der Waals surface area contributed by atoms with Gasteiger partial charge >= 0.3 is 0 Å². The number of hydrogen-bond acceptors (Lipinski definition) is 3. The van der Waals surface area contributed by atoms with Crippen LogP contribution in [-0.4, -0.2) is 27.2 Å². The molecule has 2 atom stereocenters. The Morgan fingerprint density at radius 1 is 1.60 bits per heavy atom. The van der Waals surface area contributed by atoms with Gasteiger partial charge in [-0.15, -0.1) is 0 Å². The molecule has 1 rings (SSSR count). The van der Waals surface area contributed by atoms with Gasteiger partial charge in [-0.2, -0.15) is 0 Å². The molecule has 15 heavy (non-hydrogen) atoms. The summed E-state index contributed by atoms with van der Waals surface area (Å²) in [5.41, 5.74) is 2.09. The molecule has 1 aromatic rings. The third kappa shape index (κ3) is 4.42. The Morgan fingerprint density at radius 2 is 2.33 bits per heavy atom. The van der Waals surface area contributed by atoms with E-state index in [1.54, 1.807) is 12.5 Å². The molecule has 0 radical (unpaired) electrons. The highest BCUT2D eigenvalue weighted by atomic mass is 32.2. The number of anilines is 1. The van der Waals surface area contributed by atoms with E-state index in [2.05, 4.69) is 10.3 Å². The van der Waals surface area contributed by atoms with Crippen LogP contribution in [0.2, 0.25) is 0 Å². The molecule has 0 aliphatic carbocycles. The minimum atomic E-state index is -0.725. The topological polar surface area (TPSA) is 42.0 Å². The lowest BCUT2D eigenvalue weighted by atomic mass is 10.3. The summed E-state index contributed by atoms with van der Waals surface area (Å²) < 4.78 is 11.1. The first-order valence-corrected chi connectivity index (χ1v) is 6.70. The standard InChI is InChI=1S/C11H18N2OS/c1-9-8-11(5-7-12-9)13-6-4-10(2)15(3)14/h5,7-8,10H,4,6H2,1-3H3,(H,12,13). The smallest absolute Gasteiger partial charge is 0.0393 e. The monoisotopic (exact) mass is 226 g/mol. The molecule has 1 aromatic heterocycles. The Labute approximate surface area is 93.8 Å². The molecule has 1 heterocycles. The average molecular weight is 226 g/mol. The maximum Gasteiger partial charge on any atom is 0.0393 e. The Bertz CT molecular complexity index is 341. The van der Waals surface area contributed by atoms with Crippen LogP contribution in [0, 0.1) is 6.92 Å². The van der Waals surface area contributed by atoms with Crippen LogP contribution in [-0.2, 0) is 10.8 Å². The summed E-state index contributed by atoms with van der Waals surface area (Å²) in [5.74, 6) is 0. The fourth-order valence-corrected chi connectivity index (χ4v) is 1.69. The van der Waals surface area contributed by atoms with Crippen molar-refractivity contribution < 1.29 is 4.21 Å². The number of nitrogens with one attached hydrogen (secondary N) is 1. The molecular weight excluding hydrogens is 208 g/mol. The highest BCUT2D eigenvalue weighted by Gasteiger charge is 2.04. The van der Waals surface area contributed by atoms with Crippen molar-refractivity contribution in [2.24, 2.45) is 0 Å². The second kappa shape index (κ2) is 5.85. The maximum atomic E-state index is 11.1. The number of aromatic nitrogens is 1. The molecule has 0 aromatic carbocycles. The number of aryl methyl sites for hydroxylation is 1. The molecule has 1 N–H and O–H groups in total. The zero-order chi connectivity index (χ0) is 11.3. The minimum absolute atomic E-state index is 0.250. The number of rotatable bonds is 5. The van der Waals surface area contributed by atoms with Gasteiger partial charge < -0.3 is 5.32 Å². The first-order chi connectivity index (χ1) is 7.09. The molecule has 0 amide bonds. The number of pyridine rings is 1. The van der Waals surface area contributed by atoms with Crippen molar-refractivity contribution in [1.29, 1.82) is 0 Å². The normalized spacial score (nSPS) is 14.6. The van der Waals surface area contributed by atoms with E-state index >= 15 is 0 Å². The van der Waals surface area contributed by atoms with Crippen LogP contribution in [0.1, 0.15) is 19.0 Å². The third-order valence-corrected chi connectivity index (χ3v) is 3.71. The van der Waals surface area contributed by atoms with E-state index in [-0.39, 0.29) is 5.25 Å². The Hall–Kier alpha value is -0.900. The van der Waals surface area contributed by atoms with E-state index in [0.29, 0.717) is 0 Å². The van der Waals surface area contributed by atoms with Crippen LogP contribution >= 0.6 is 0 Å². The summed E-state index contributed by atoms with van der Waals surface area (Å²) in [6.07, 6.45) is 4.46. The molecule has 0 aliphatic heterocycles. The van der Waals surface area contributed by atoms with Crippen LogP contribution in [0.5, 0.6) is 0 Å². The molecule has 0 saturated carbocycles. The van der Waals surface area contributed by atoms with E-state index in [1.165, 1.54) is 0 Å². The summed E-state index contributed by atoms with van der Waals surface area (Å²) in [4.78, 5) is 4.12. The van der Waals surface area contributed by atoms with Crippen molar-refractivity contribution in [3.8, 4) is 0 Å². The molecule has 2 unspecified atom stereocenters. The van der Waals surface area contributed by atoms with Crippen molar-refractivity contribution in [1.82, 2.24) is 4.98 Å². The quantitative estimate of drug-likeness (QED) is 0.834. The second-order valence-electron chi connectivity index (χ2n) is 3.71. The van der Waals surface area contributed by atoms with Crippen LogP contribution < -0.4 is 5.32 Å². The van der Waals surface area contributed by atoms with Crippen molar-refractivity contribution in [3.05, 3.63) is 24.0 Å². The molecule has 0 aliphatic rings. The van der Waals surface area contributed by atoms with E-state index < -0.39 is 10.8 Å². The molecular formula is C11H18N2OS. The summed E-state index contributed by atoms with van der Waals surface area (Å²) in [6.45, 7) is 4.83. The molecule has 84 valence electrons. The fourth-order valence-electron chi connectivity index (χ4n) is 1.24. The number of hydrogen-bond donors (Lipinski definition) is 1. The van der Waals surface area contributed by atoms with Crippen molar-refractivity contribution in [2.75, 3.05) is 18.1 Å². The van der Waals surface area contributed by atoms with Crippen molar-refractivity contribution in [3.63, 3.8) is 0 Å². The summed E-state index contributed by atoms with van der Waals surface area (Å²) in [5, 5.41) is 3.55. The van der Waals surface area contributed by atoms with Crippen LogP contribution in [0.25, 0.3) is 0 Å². The predicted molar refractivity (Wildman–Crippen MR) is 65.6 cm³/mol. The average Bonchev–Trinajstić information content (AvgIpc) is 2.17. The van der Waals surface area contributed by atoms with E-state index in [0.717, 1.165) is 24.3 Å². The van der Waals surface area contributed by atoms with Gasteiger partial charge in [-0.25, -0.2) is 0 Å². The highest BCUT2D eigenvalue weighted by Crippen LogP contribution is 2.07. The van der Waals surface area contributed by atoms with Crippen LogP contribution in [0.15, 0.2) is 18.3 Å². The molecule has 0 fully saturated rings. The van der Waals surface area contributed by atoms with Gasteiger partial charge in [-0.05, 0) is 25.5 Å². The first-order valence-electron chi connectivity index (χ1n) is 5.08. The zero-order valence-electron chi connectivity index (χ0n) is 9.49. The van der Waals surface area contributed by atoms with Gasteiger partial charge in [0.25, 0.3) is 0 Å². The molecule has 0 bridgehead atoms. The highest BCUT2D eigenvalue weighted by molar-refractivity contribution is 7.84. The summed E-state index contributed by atoms with van der Waals surface area (Å²) in [7, 11) is -0.725. The molecule has 0 spiro atoms. The Morgan fingerprint density at radius 3 is 2.93 bits per heavy atom. The van der Waals surface area contributed by atoms with Gasteiger partial charge in [-0.3, -0.25) is 9.19 Å². The lowest BCUT2D eigenvalue weighted by Gasteiger charge is -2.10. The second-order valence-corrected chi connectivity index (χ2v) is 5.51. The maximum absolute atomic E-state index is 11.1. The Balaban J connectivity index is 2.35. The fraction of sp³-hybridized carbons (Fsp3) is 0.545. The molecule has 4 heteroatoms. The lowest BCUT2D eigenvalue weighted by molar-refractivity contribution is 0.672. The summed E-state index contributed by atoms with van der Waals surface area (Å²) in [6, 6.07) is 3.95. The summed E-state index contributed by atoms with van der Waals surface area (Å²) >= 11 is 0. The van der Waals surface area contributed by atoms with E-state index in [4.69, 9.17) is 0 Å².